The number of imide groups is 1. The van der Waals surface area contributed by atoms with Gasteiger partial charge in [-0.05, 0) is 12.5 Å². The molecule has 106 valence electrons. The summed E-state index contributed by atoms with van der Waals surface area (Å²) in [6, 6.07) is 2.73. The second-order valence-corrected chi connectivity index (χ2v) is 4.46. The first-order valence-corrected chi connectivity index (χ1v) is 6.03. The van der Waals surface area contributed by atoms with Crippen LogP contribution in [0.3, 0.4) is 0 Å². The minimum atomic E-state index is -1.08. The van der Waals surface area contributed by atoms with E-state index in [9.17, 15) is 23.2 Å². The van der Waals surface area contributed by atoms with Gasteiger partial charge in [0, 0.05) is 12.0 Å². The monoisotopic (exact) mass is 282 g/mol. The van der Waals surface area contributed by atoms with Gasteiger partial charge in [0.1, 0.15) is 6.04 Å². The van der Waals surface area contributed by atoms with Crippen LogP contribution in [0.5, 0.6) is 0 Å². The lowest BCUT2D eigenvalue weighted by Crippen LogP contribution is -2.52. The molecule has 3 amide bonds. The molecule has 5 nitrogen and oxygen atoms in total. The standard InChI is InChI=1S/C13H12F2N2O3/c14-8-3-1-2-7(12(8)15)6-11(19)16-9-4-5-10(18)17-13(9)20/h1-3,9H,4-6H2,(H,16,19)(H,17,18,20). The zero-order valence-corrected chi connectivity index (χ0v) is 10.4. The molecule has 1 aromatic rings. The van der Waals surface area contributed by atoms with Gasteiger partial charge >= 0.3 is 0 Å². The molecule has 0 radical (unpaired) electrons. The first-order valence-electron chi connectivity index (χ1n) is 6.03. The molecule has 1 unspecified atom stereocenters. The molecule has 2 rings (SSSR count). The summed E-state index contributed by atoms with van der Waals surface area (Å²) in [5.74, 6) is -3.70. The Kier molecular flexibility index (Phi) is 4.07. The molecular formula is C13H12F2N2O3. The van der Waals surface area contributed by atoms with Crippen molar-refractivity contribution in [1.29, 1.82) is 0 Å². The summed E-state index contributed by atoms with van der Waals surface area (Å²) < 4.78 is 26.4. The molecule has 1 aliphatic heterocycles. The topological polar surface area (TPSA) is 75.3 Å². The first kappa shape index (κ1) is 14.1. The van der Waals surface area contributed by atoms with Crippen LogP contribution in [0.25, 0.3) is 0 Å². The van der Waals surface area contributed by atoms with Crippen LogP contribution < -0.4 is 10.6 Å². The molecule has 1 saturated heterocycles. The van der Waals surface area contributed by atoms with E-state index in [0.717, 1.165) is 6.07 Å². The zero-order chi connectivity index (χ0) is 14.7. The van der Waals surface area contributed by atoms with Crippen LogP contribution in [0.2, 0.25) is 0 Å². The van der Waals surface area contributed by atoms with Gasteiger partial charge in [0.2, 0.25) is 17.7 Å². The van der Waals surface area contributed by atoms with E-state index in [4.69, 9.17) is 0 Å². The third-order valence-electron chi connectivity index (χ3n) is 2.96. The Hall–Kier alpha value is -2.31. The van der Waals surface area contributed by atoms with E-state index in [-0.39, 0.29) is 24.8 Å². The van der Waals surface area contributed by atoms with E-state index in [2.05, 4.69) is 10.6 Å². The van der Waals surface area contributed by atoms with Gasteiger partial charge in [-0.1, -0.05) is 12.1 Å². The lowest BCUT2D eigenvalue weighted by atomic mass is 10.1. The van der Waals surface area contributed by atoms with Crippen molar-refractivity contribution in [3.05, 3.63) is 35.4 Å². The van der Waals surface area contributed by atoms with Crippen molar-refractivity contribution >= 4 is 17.7 Å². The molecule has 1 fully saturated rings. The molecule has 1 heterocycles. The highest BCUT2D eigenvalue weighted by molar-refractivity contribution is 6.01. The summed E-state index contributed by atoms with van der Waals surface area (Å²) in [6.07, 6.45) is -0.0472. The Bertz CT molecular complexity index is 575. The zero-order valence-electron chi connectivity index (χ0n) is 10.4. The molecule has 2 N–H and O–H groups in total. The number of hydrogen-bond donors (Lipinski definition) is 2. The van der Waals surface area contributed by atoms with Crippen molar-refractivity contribution < 1.29 is 23.2 Å². The molecule has 20 heavy (non-hydrogen) atoms. The van der Waals surface area contributed by atoms with Crippen molar-refractivity contribution in [2.45, 2.75) is 25.3 Å². The largest absolute Gasteiger partial charge is 0.344 e. The van der Waals surface area contributed by atoms with E-state index in [0.29, 0.717) is 0 Å². The summed E-state index contributed by atoms with van der Waals surface area (Å²) in [7, 11) is 0. The van der Waals surface area contributed by atoms with Gasteiger partial charge in [-0.15, -0.1) is 0 Å². The predicted octanol–water partition coefficient (Wildman–Crippen LogP) is 0.429. The fourth-order valence-corrected chi connectivity index (χ4v) is 1.93. The Labute approximate surface area is 113 Å². The third-order valence-corrected chi connectivity index (χ3v) is 2.96. The molecule has 1 aromatic carbocycles. The van der Waals surface area contributed by atoms with Gasteiger partial charge in [0.15, 0.2) is 11.6 Å². The molecule has 7 heteroatoms. The molecule has 1 aliphatic rings. The van der Waals surface area contributed by atoms with Gasteiger partial charge in [-0.2, -0.15) is 0 Å². The highest BCUT2D eigenvalue weighted by atomic mass is 19.2. The number of nitrogens with one attached hydrogen (secondary N) is 2. The van der Waals surface area contributed by atoms with Crippen molar-refractivity contribution in [2.24, 2.45) is 0 Å². The van der Waals surface area contributed by atoms with E-state index >= 15 is 0 Å². The van der Waals surface area contributed by atoms with Crippen LogP contribution in [0.4, 0.5) is 8.78 Å². The minimum Gasteiger partial charge on any atom is -0.344 e. The summed E-state index contributed by atoms with van der Waals surface area (Å²) in [5.41, 5.74) is -0.0882. The average molecular weight is 282 g/mol. The lowest BCUT2D eigenvalue weighted by molar-refractivity contribution is -0.137. The average Bonchev–Trinajstić information content (AvgIpc) is 2.38. The second kappa shape index (κ2) is 5.77. The van der Waals surface area contributed by atoms with E-state index < -0.39 is 35.4 Å². The van der Waals surface area contributed by atoms with Gasteiger partial charge in [0.05, 0.1) is 6.42 Å². The van der Waals surface area contributed by atoms with Gasteiger partial charge < -0.3 is 5.32 Å². The van der Waals surface area contributed by atoms with Crippen molar-refractivity contribution in [2.75, 3.05) is 0 Å². The number of benzene rings is 1. The number of piperidine rings is 1. The molecule has 0 aliphatic carbocycles. The number of hydrogen-bond acceptors (Lipinski definition) is 3. The first-order chi connectivity index (χ1) is 9.47. The van der Waals surface area contributed by atoms with E-state index in [1.54, 1.807) is 0 Å². The maximum Gasteiger partial charge on any atom is 0.249 e. The van der Waals surface area contributed by atoms with Gasteiger partial charge in [-0.3, -0.25) is 19.7 Å². The summed E-state index contributed by atoms with van der Waals surface area (Å²) in [4.78, 5) is 34.1. The Morgan fingerprint density at radius 3 is 2.80 bits per heavy atom. The summed E-state index contributed by atoms with van der Waals surface area (Å²) in [5, 5.41) is 4.48. The molecule has 0 spiro atoms. The summed E-state index contributed by atoms with van der Waals surface area (Å²) in [6.45, 7) is 0. The predicted molar refractivity (Wildman–Crippen MR) is 64.4 cm³/mol. The van der Waals surface area contributed by atoms with Crippen molar-refractivity contribution in [3.8, 4) is 0 Å². The molecule has 1 atom stereocenters. The maximum absolute atomic E-state index is 13.4. The number of amides is 3. The normalized spacial score (nSPS) is 18.6. The van der Waals surface area contributed by atoms with Crippen LogP contribution in [0.15, 0.2) is 18.2 Å². The molecular weight excluding hydrogens is 270 g/mol. The second-order valence-electron chi connectivity index (χ2n) is 4.46. The van der Waals surface area contributed by atoms with Crippen LogP contribution in [0, 0.1) is 11.6 Å². The quantitative estimate of drug-likeness (QED) is 0.789. The van der Waals surface area contributed by atoms with Crippen LogP contribution in [-0.4, -0.2) is 23.8 Å². The molecule has 0 saturated carbocycles. The van der Waals surface area contributed by atoms with Crippen molar-refractivity contribution in [1.82, 2.24) is 10.6 Å². The van der Waals surface area contributed by atoms with Crippen LogP contribution in [-0.2, 0) is 20.8 Å². The van der Waals surface area contributed by atoms with Gasteiger partial charge in [0.25, 0.3) is 0 Å². The van der Waals surface area contributed by atoms with E-state index in [1.165, 1.54) is 12.1 Å². The number of carbonyl (C=O) groups is 3. The highest BCUT2D eigenvalue weighted by Gasteiger charge is 2.27. The maximum atomic E-state index is 13.4. The number of carbonyl (C=O) groups excluding carboxylic acids is 3. The third kappa shape index (κ3) is 3.17. The molecule has 0 bridgehead atoms. The van der Waals surface area contributed by atoms with Gasteiger partial charge in [-0.25, -0.2) is 8.78 Å². The Morgan fingerprint density at radius 2 is 2.10 bits per heavy atom. The number of halogens is 2. The number of rotatable bonds is 3. The van der Waals surface area contributed by atoms with Crippen LogP contribution >= 0.6 is 0 Å². The fraction of sp³-hybridized carbons (Fsp3) is 0.308. The molecule has 0 aromatic heterocycles. The smallest absolute Gasteiger partial charge is 0.249 e. The van der Waals surface area contributed by atoms with E-state index in [1.807, 2.05) is 0 Å². The fourth-order valence-electron chi connectivity index (χ4n) is 1.93. The van der Waals surface area contributed by atoms with Crippen LogP contribution in [0.1, 0.15) is 18.4 Å². The summed E-state index contributed by atoms with van der Waals surface area (Å²) >= 11 is 0. The van der Waals surface area contributed by atoms with Crippen molar-refractivity contribution in [3.63, 3.8) is 0 Å². The highest BCUT2D eigenvalue weighted by Crippen LogP contribution is 2.12. The minimum absolute atomic E-state index is 0.0882. The lowest BCUT2D eigenvalue weighted by Gasteiger charge is -2.21. The Morgan fingerprint density at radius 1 is 1.35 bits per heavy atom. The Balaban J connectivity index is 1.97. The SMILES string of the molecule is O=C1CCC(NC(=O)Cc2cccc(F)c2F)C(=O)N1.